The summed E-state index contributed by atoms with van der Waals surface area (Å²) < 4.78 is 10.1. The number of piperidine rings is 1. The maximum absolute atomic E-state index is 12.3. The van der Waals surface area contributed by atoms with E-state index in [1.165, 1.54) is 0 Å². The van der Waals surface area contributed by atoms with Crippen molar-refractivity contribution in [2.24, 2.45) is 0 Å². The molecule has 2 saturated heterocycles. The molecule has 1 aromatic rings. The molecule has 8 heteroatoms. The molecule has 1 spiro atoms. The zero-order valence-corrected chi connectivity index (χ0v) is 14.1. The summed E-state index contributed by atoms with van der Waals surface area (Å²) in [5, 5.41) is 6.02. The van der Waals surface area contributed by atoms with Gasteiger partial charge in [0.25, 0.3) is 0 Å². The van der Waals surface area contributed by atoms with Crippen LogP contribution in [0.2, 0.25) is 0 Å². The molecule has 2 fully saturated rings. The van der Waals surface area contributed by atoms with Gasteiger partial charge in [-0.05, 0) is 6.92 Å². The molecule has 1 atom stereocenters. The van der Waals surface area contributed by atoms with Gasteiger partial charge in [0, 0.05) is 49.5 Å². The molecule has 23 heavy (non-hydrogen) atoms. The summed E-state index contributed by atoms with van der Waals surface area (Å²) in [6.07, 6.45) is 0.635. The molecule has 7 nitrogen and oxygen atoms in total. The highest BCUT2D eigenvalue weighted by molar-refractivity contribution is 7.09. The fourth-order valence-corrected chi connectivity index (χ4v) is 3.68. The number of nitrogens with one attached hydrogen (secondary N) is 1. The molecule has 2 aliphatic heterocycles. The van der Waals surface area contributed by atoms with E-state index in [4.69, 9.17) is 9.47 Å². The van der Waals surface area contributed by atoms with E-state index in [1.807, 2.05) is 12.3 Å². The zero-order chi connectivity index (χ0) is 16.4. The average molecular weight is 339 g/mol. The van der Waals surface area contributed by atoms with Crippen molar-refractivity contribution >= 4 is 23.5 Å². The van der Waals surface area contributed by atoms with Gasteiger partial charge in [-0.1, -0.05) is 6.92 Å². The SMILES string of the molecule is Cc1csc([C@H](C)CNC(=O)N2CCC3(CC2)COC(=O)O3)n1. The van der Waals surface area contributed by atoms with Crippen LogP contribution in [0.5, 0.6) is 0 Å². The molecule has 2 amide bonds. The first kappa shape index (κ1) is 16.0. The second-order valence-electron chi connectivity index (χ2n) is 6.23. The Bertz CT molecular complexity index is 595. The topological polar surface area (TPSA) is 80.8 Å². The second-order valence-corrected chi connectivity index (χ2v) is 7.11. The third kappa shape index (κ3) is 3.57. The van der Waals surface area contributed by atoms with Crippen LogP contribution >= 0.6 is 11.3 Å². The number of rotatable bonds is 3. The van der Waals surface area contributed by atoms with Crippen LogP contribution in [0.1, 0.15) is 36.4 Å². The van der Waals surface area contributed by atoms with Gasteiger partial charge in [-0.2, -0.15) is 0 Å². The van der Waals surface area contributed by atoms with Crippen molar-refractivity contribution in [3.05, 3.63) is 16.1 Å². The number of hydrogen-bond donors (Lipinski definition) is 1. The van der Waals surface area contributed by atoms with Crippen LogP contribution in [-0.2, 0) is 9.47 Å². The molecule has 0 aliphatic carbocycles. The van der Waals surface area contributed by atoms with Crippen LogP contribution in [0.25, 0.3) is 0 Å². The summed E-state index contributed by atoms with van der Waals surface area (Å²) >= 11 is 1.62. The van der Waals surface area contributed by atoms with Gasteiger partial charge >= 0.3 is 12.2 Å². The van der Waals surface area contributed by atoms with Crippen LogP contribution < -0.4 is 5.32 Å². The molecule has 3 heterocycles. The molecule has 3 rings (SSSR count). The predicted octanol–water partition coefficient (Wildman–Crippen LogP) is 2.27. The first-order valence-corrected chi connectivity index (χ1v) is 8.66. The Morgan fingerprint density at radius 1 is 1.52 bits per heavy atom. The second kappa shape index (κ2) is 6.35. The predicted molar refractivity (Wildman–Crippen MR) is 84.6 cm³/mol. The third-order valence-corrected chi connectivity index (χ3v) is 5.53. The van der Waals surface area contributed by atoms with Crippen LogP contribution in [-0.4, -0.2) is 53.9 Å². The van der Waals surface area contributed by atoms with E-state index >= 15 is 0 Å². The minimum atomic E-state index is -0.601. The molecule has 2 aliphatic rings. The van der Waals surface area contributed by atoms with Crippen molar-refractivity contribution in [1.82, 2.24) is 15.2 Å². The fraction of sp³-hybridized carbons (Fsp3) is 0.667. The third-order valence-electron chi connectivity index (χ3n) is 4.33. The van der Waals surface area contributed by atoms with Crippen molar-refractivity contribution in [3.63, 3.8) is 0 Å². The maximum atomic E-state index is 12.3. The molecule has 1 N–H and O–H groups in total. The van der Waals surface area contributed by atoms with E-state index in [0.717, 1.165) is 10.7 Å². The molecule has 0 unspecified atom stereocenters. The van der Waals surface area contributed by atoms with Crippen molar-refractivity contribution < 1.29 is 19.1 Å². The number of hydrogen-bond acceptors (Lipinski definition) is 6. The Balaban J connectivity index is 1.45. The molecule has 0 saturated carbocycles. The number of nitrogens with zero attached hydrogens (tertiary/aromatic N) is 2. The molecule has 0 aromatic carbocycles. The van der Waals surface area contributed by atoms with Gasteiger partial charge in [-0.3, -0.25) is 0 Å². The number of aromatic nitrogens is 1. The number of thiazole rings is 1. The maximum Gasteiger partial charge on any atom is 0.509 e. The van der Waals surface area contributed by atoms with Crippen molar-refractivity contribution in [2.75, 3.05) is 26.2 Å². The normalized spacial score (nSPS) is 21.0. The van der Waals surface area contributed by atoms with Gasteiger partial charge in [0.2, 0.25) is 0 Å². The molecule has 0 radical (unpaired) electrons. The molecule has 1 aromatic heterocycles. The highest BCUT2D eigenvalue weighted by Gasteiger charge is 2.45. The first-order chi connectivity index (χ1) is 11.0. The lowest BCUT2D eigenvalue weighted by atomic mass is 9.92. The lowest BCUT2D eigenvalue weighted by molar-refractivity contribution is 0.00936. The number of carbonyl (C=O) groups excluding carboxylic acids is 2. The van der Waals surface area contributed by atoms with Crippen molar-refractivity contribution in [2.45, 2.75) is 38.2 Å². The number of urea groups is 1. The minimum Gasteiger partial charge on any atom is -0.430 e. The summed E-state index contributed by atoms with van der Waals surface area (Å²) in [5.41, 5.74) is 0.484. The van der Waals surface area contributed by atoms with Crippen LogP contribution in [0.15, 0.2) is 5.38 Å². The van der Waals surface area contributed by atoms with Gasteiger partial charge in [-0.25, -0.2) is 14.6 Å². The highest BCUT2D eigenvalue weighted by atomic mass is 32.1. The average Bonchev–Trinajstić information content (AvgIpc) is 3.12. The molecular weight excluding hydrogens is 318 g/mol. The van der Waals surface area contributed by atoms with Gasteiger partial charge in [0.05, 0.1) is 5.01 Å². The number of likely N-dealkylation sites (tertiary alicyclic amines) is 1. The summed E-state index contributed by atoms with van der Waals surface area (Å²) in [4.78, 5) is 29.6. The smallest absolute Gasteiger partial charge is 0.430 e. The zero-order valence-electron chi connectivity index (χ0n) is 13.3. The standard InChI is InChI=1S/C15H21N3O4S/c1-10(12-17-11(2)8-23-12)7-16-13(19)18-5-3-15(4-6-18)9-21-14(20)22-15/h8,10H,3-7,9H2,1-2H3,(H,16,19)/t10-/m1/s1. The number of ether oxygens (including phenoxy) is 2. The number of aryl methyl sites for hydroxylation is 1. The number of carbonyl (C=O) groups is 2. The monoisotopic (exact) mass is 339 g/mol. The molecule has 0 bridgehead atoms. The van der Waals surface area contributed by atoms with E-state index in [-0.39, 0.29) is 11.9 Å². The number of amides is 2. The lowest BCUT2D eigenvalue weighted by Crippen LogP contribution is -2.51. The summed E-state index contributed by atoms with van der Waals surface area (Å²) in [6.45, 7) is 6.00. The van der Waals surface area contributed by atoms with E-state index in [9.17, 15) is 9.59 Å². The summed E-state index contributed by atoms with van der Waals surface area (Å²) in [6, 6.07) is -0.0785. The lowest BCUT2D eigenvalue weighted by Gasteiger charge is -2.36. The van der Waals surface area contributed by atoms with Crippen molar-refractivity contribution in [3.8, 4) is 0 Å². The van der Waals surface area contributed by atoms with Gasteiger partial charge in [-0.15, -0.1) is 11.3 Å². The van der Waals surface area contributed by atoms with E-state index in [1.54, 1.807) is 16.2 Å². The van der Waals surface area contributed by atoms with Crippen LogP contribution in [0, 0.1) is 6.92 Å². The Hall–Kier alpha value is -1.83. The first-order valence-electron chi connectivity index (χ1n) is 7.78. The highest BCUT2D eigenvalue weighted by Crippen LogP contribution is 2.31. The van der Waals surface area contributed by atoms with Crippen LogP contribution in [0.3, 0.4) is 0 Å². The van der Waals surface area contributed by atoms with E-state index in [0.29, 0.717) is 39.1 Å². The number of cyclic esters (lactones) is 1. The van der Waals surface area contributed by atoms with Gasteiger partial charge < -0.3 is 19.7 Å². The quantitative estimate of drug-likeness (QED) is 0.855. The van der Waals surface area contributed by atoms with Crippen LogP contribution in [0.4, 0.5) is 9.59 Å². The van der Waals surface area contributed by atoms with Gasteiger partial charge in [0.15, 0.2) is 5.60 Å². The molecule has 126 valence electrons. The van der Waals surface area contributed by atoms with E-state index < -0.39 is 11.8 Å². The van der Waals surface area contributed by atoms with Crippen molar-refractivity contribution in [1.29, 1.82) is 0 Å². The minimum absolute atomic E-state index is 0.0785. The summed E-state index contributed by atoms with van der Waals surface area (Å²) in [7, 11) is 0. The Morgan fingerprint density at radius 2 is 2.26 bits per heavy atom. The Kier molecular flexibility index (Phi) is 4.43. The largest absolute Gasteiger partial charge is 0.509 e. The fourth-order valence-electron chi connectivity index (χ4n) is 2.83. The van der Waals surface area contributed by atoms with E-state index in [2.05, 4.69) is 17.2 Å². The molecular formula is C15H21N3O4S. The Labute approximate surface area is 139 Å². The van der Waals surface area contributed by atoms with Gasteiger partial charge in [0.1, 0.15) is 6.61 Å². The Morgan fingerprint density at radius 3 is 2.83 bits per heavy atom. The summed E-state index contributed by atoms with van der Waals surface area (Å²) in [5.74, 6) is 0.193.